The Labute approximate surface area is 114 Å². The number of hydrogen-bond acceptors (Lipinski definition) is 3. The van der Waals surface area contributed by atoms with Crippen LogP contribution < -0.4 is 5.32 Å². The van der Waals surface area contributed by atoms with Crippen molar-refractivity contribution in [3.8, 4) is 6.07 Å². The van der Waals surface area contributed by atoms with E-state index in [0.717, 1.165) is 17.8 Å². The predicted octanol–water partition coefficient (Wildman–Crippen LogP) is 2.57. The second-order valence-corrected chi connectivity index (χ2v) is 7.01. The van der Waals surface area contributed by atoms with E-state index in [-0.39, 0.29) is 16.7 Å². The first-order chi connectivity index (χ1) is 8.60. The number of carbonyl (C=O) groups is 1. The van der Waals surface area contributed by atoms with E-state index < -0.39 is 5.54 Å². The van der Waals surface area contributed by atoms with Gasteiger partial charge in [0.25, 0.3) is 0 Å². The lowest BCUT2D eigenvalue weighted by molar-refractivity contribution is -0.119. The van der Waals surface area contributed by atoms with Gasteiger partial charge in [0, 0.05) is 28.7 Å². The van der Waals surface area contributed by atoms with Crippen molar-refractivity contribution in [3.63, 3.8) is 0 Å². The van der Waals surface area contributed by atoms with Crippen LogP contribution in [0.5, 0.6) is 0 Å². The average Bonchev–Trinajstić information content (AvgIpc) is 2.62. The quantitative estimate of drug-likeness (QED) is 0.786. The van der Waals surface area contributed by atoms with Crippen LogP contribution in [-0.2, 0) is 4.79 Å². The Hall–Kier alpha value is -1.63. The molecule has 2 rings (SSSR count). The second kappa shape index (κ2) is 3.93. The SMILES string of the molecule is CC1(C)CC(=O)N/C1=C/C1=NC(C)(C#N)C(C)(C)C1. The maximum atomic E-state index is 11.5. The van der Waals surface area contributed by atoms with E-state index in [9.17, 15) is 10.1 Å². The molecular formula is C15H21N3O. The third-order valence-electron chi connectivity index (χ3n) is 4.44. The zero-order chi connectivity index (χ0) is 14.5. The topological polar surface area (TPSA) is 65.2 Å². The van der Waals surface area contributed by atoms with Crippen LogP contribution in [0.1, 0.15) is 47.5 Å². The molecule has 102 valence electrons. The highest BCUT2D eigenvalue weighted by Crippen LogP contribution is 2.44. The first-order valence-corrected chi connectivity index (χ1v) is 6.62. The van der Waals surface area contributed by atoms with Gasteiger partial charge in [-0.15, -0.1) is 0 Å². The Balaban J connectivity index is 2.34. The molecule has 2 aliphatic heterocycles. The lowest BCUT2D eigenvalue weighted by Gasteiger charge is -2.29. The molecule has 1 N–H and O–H groups in total. The molecule has 0 spiro atoms. The van der Waals surface area contributed by atoms with Gasteiger partial charge in [0.1, 0.15) is 5.54 Å². The molecule has 0 bridgehead atoms. The molecular weight excluding hydrogens is 238 g/mol. The Morgan fingerprint density at radius 2 is 1.89 bits per heavy atom. The van der Waals surface area contributed by atoms with E-state index in [2.05, 4.69) is 30.2 Å². The summed E-state index contributed by atoms with van der Waals surface area (Å²) in [5.74, 6) is 0.0529. The minimum atomic E-state index is -0.688. The number of nitriles is 1. The maximum Gasteiger partial charge on any atom is 0.225 e. The van der Waals surface area contributed by atoms with Crippen molar-refractivity contribution >= 4 is 11.6 Å². The van der Waals surface area contributed by atoms with E-state index in [4.69, 9.17) is 0 Å². The fraction of sp³-hybridized carbons (Fsp3) is 0.667. The molecule has 0 radical (unpaired) electrons. The van der Waals surface area contributed by atoms with E-state index in [1.165, 1.54) is 0 Å². The van der Waals surface area contributed by atoms with Crippen LogP contribution in [0.4, 0.5) is 0 Å². The lowest BCUT2D eigenvalue weighted by Crippen LogP contribution is -2.34. The van der Waals surface area contributed by atoms with E-state index in [1.807, 2.05) is 26.8 Å². The summed E-state index contributed by atoms with van der Waals surface area (Å²) in [7, 11) is 0. The average molecular weight is 259 g/mol. The summed E-state index contributed by atoms with van der Waals surface area (Å²) in [5, 5.41) is 12.2. The molecule has 1 saturated heterocycles. The second-order valence-electron chi connectivity index (χ2n) is 7.01. The number of aliphatic imine (C=N–C) groups is 1. The first-order valence-electron chi connectivity index (χ1n) is 6.62. The highest BCUT2D eigenvalue weighted by Gasteiger charge is 2.47. The Bertz CT molecular complexity index is 534. The highest BCUT2D eigenvalue weighted by molar-refractivity contribution is 5.99. The molecule has 1 fully saturated rings. The summed E-state index contributed by atoms with van der Waals surface area (Å²) in [4.78, 5) is 16.1. The van der Waals surface area contributed by atoms with E-state index in [0.29, 0.717) is 6.42 Å². The van der Waals surface area contributed by atoms with E-state index >= 15 is 0 Å². The van der Waals surface area contributed by atoms with Gasteiger partial charge < -0.3 is 5.32 Å². The molecule has 1 atom stereocenters. The molecule has 0 aromatic heterocycles. The summed E-state index contributed by atoms with van der Waals surface area (Å²) in [6, 6.07) is 2.31. The zero-order valence-corrected chi connectivity index (χ0v) is 12.3. The van der Waals surface area contributed by atoms with Gasteiger partial charge in [0.05, 0.1) is 6.07 Å². The molecule has 2 heterocycles. The monoisotopic (exact) mass is 259 g/mol. The standard InChI is InChI=1S/C15H21N3O/c1-13(2)8-12(19)17-11(13)6-10-7-14(3,4)15(5,9-16)18-10/h6H,7-8H2,1-5H3,(H,17,19)/b11-6+. The van der Waals surface area contributed by atoms with Gasteiger partial charge in [-0.05, 0) is 19.4 Å². The van der Waals surface area contributed by atoms with Crippen molar-refractivity contribution in [2.75, 3.05) is 0 Å². The fourth-order valence-electron chi connectivity index (χ4n) is 2.62. The minimum Gasteiger partial charge on any atom is -0.329 e. The smallest absolute Gasteiger partial charge is 0.225 e. The summed E-state index contributed by atoms with van der Waals surface area (Å²) in [6.45, 7) is 10.1. The molecule has 0 aromatic rings. The summed E-state index contributed by atoms with van der Waals surface area (Å²) < 4.78 is 0. The number of hydrogen-bond donors (Lipinski definition) is 1. The molecule has 0 aliphatic carbocycles. The van der Waals surface area contributed by atoms with Crippen molar-refractivity contribution in [3.05, 3.63) is 11.8 Å². The third-order valence-corrected chi connectivity index (χ3v) is 4.44. The Kier molecular flexibility index (Phi) is 2.85. The van der Waals surface area contributed by atoms with Gasteiger partial charge in [0.2, 0.25) is 5.91 Å². The Morgan fingerprint density at radius 3 is 2.32 bits per heavy atom. The van der Waals surface area contributed by atoms with Gasteiger partial charge in [-0.1, -0.05) is 27.7 Å². The van der Waals surface area contributed by atoms with Gasteiger partial charge in [-0.2, -0.15) is 5.26 Å². The number of nitrogens with zero attached hydrogens (tertiary/aromatic N) is 2. The van der Waals surface area contributed by atoms with Crippen molar-refractivity contribution in [2.45, 2.75) is 53.0 Å². The minimum absolute atomic E-state index is 0.0529. The largest absolute Gasteiger partial charge is 0.329 e. The molecule has 4 nitrogen and oxygen atoms in total. The Morgan fingerprint density at radius 1 is 1.26 bits per heavy atom. The molecule has 2 aliphatic rings. The molecule has 1 unspecified atom stereocenters. The highest BCUT2D eigenvalue weighted by atomic mass is 16.1. The number of allylic oxidation sites excluding steroid dienone is 2. The van der Waals surface area contributed by atoms with Crippen LogP contribution in [-0.4, -0.2) is 17.2 Å². The summed E-state index contributed by atoms with van der Waals surface area (Å²) in [6.07, 6.45) is 3.22. The number of amides is 1. The summed E-state index contributed by atoms with van der Waals surface area (Å²) >= 11 is 0. The number of carbonyl (C=O) groups excluding carboxylic acids is 1. The van der Waals surface area contributed by atoms with Gasteiger partial charge >= 0.3 is 0 Å². The van der Waals surface area contributed by atoms with Gasteiger partial charge in [0.15, 0.2) is 0 Å². The molecule has 4 heteroatoms. The third kappa shape index (κ3) is 2.18. The van der Waals surface area contributed by atoms with Crippen molar-refractivity contribution in [2.24, 2.45) is 15.8 Å². The van der Waals surface area contributed by atoms with E-state index in [1.54, 1.807) is 0 Å². The van der Waals surface area contributed by atoms with Crippen LogP contribution in [0.15, 0.2) is 16.8 Å². The van der Waals surface area contributed by atoms with Crippen LogP contribution in [0.3, 0.4) is 0 Å². The lowest BCUT2D eigenvalue weighted by atomic mass is 9.74. The maximum absolute atomic E-state index is 11.5. The molecule has 0 saturated carbocycles. The zero-order valence-electron chi connectivity index (χ0n) is 12.3. The van der Waals surface area contributed by atoms with Crippen LogP contribution in [0.25, 0.3) is 0 Å². The molecule has 19 heavy (non-hydrogen) atoms. The van der Waals surface area contributed by atoms with Crippen LogP contribution in [0.2, 0.25) is 0 Å². The first kappa shape index (κ1) is 13.8. The number of nitrogens with one attached hydrogen (secondary N) is 1. The normalized spacial score (nSPS) is 34.0. The summed E-state index contributed by atoms with van der Waals surface area (Å²) in [5.41, 5.74) is 0.774. The number of rotatable bonds is 1. The molecule has 1 amide bonds. The van der Waals surface area contributed by atoms with Crippen molar-refractivity contribution in [1.82, 2.24) is 5.32 Å². The van der Waals surface area contributed by atoms with Crippen molar-refractivity contribution in [1.29, 1.82) is 5.26 Å². The van der Waals surface area contributed by atoms with Gasteiger partial charge in [-0.25, -0.2) is 0 Å². The van der Waals surface area contributed by atoms with Crippen LogP contribution >= 0.6 is 0 Å². The van der Waals surface area contributed by atoms with Gasteiger partial charge in [-0.3, -0.25) is 9.79 Å². The molecule has 0 aromatic carbocycles. The predicted molar refractivity (Wildman–Crippen MR) is 74.5 cm³/mol. The van der Waals surface area contributed by atoms with Crippen molar-refractivity contribution < 1.29 is 4.79 Å². The van der Waals surface area contributed by atoms with Crippen LogP contribution in [0, 0.1) is 22.2 Å². The fourth-order valence-corrected chi connectivity index (χ4v) is 2.62.